The van der Waals surface area contributed by atoms with Gasteiger partial charge in [-0.05, 0) is 112 Å². The largest absolute Gasteiger partial charge is 0.487 e. The van der Waals surface area contributed by atoms with Crippen molar-refractivity contribution in [2.24, 2.45) is 5.41 Å². The van der Waals surface area contributed by atoms with Crippen LogP contribution in [0.5, 0.6) is 5.75 Å². The van der Waals surface area contributed by atoms with E-state index in [9.17, 15) is 13.2 Å². The van der Waals surface area contributed by atoms with Gasteiger partial charge in [-0.2, -0.15) is 4.31 Å². The summed E-state index contributed by atoms with van der Waals surface area (Å²) in [6.07, 6.45) is 3.94. The number of anilines is 1. The second kappa shape index (κ2) is 11.3. The van der Waals surface area contributed by atoms with E-state index in [1.807, 2.05) is 69.3 Å². The van der Waals surface area contributed by atoms with Crippen LogP contribution in [0.4, 0.5) is 5.69 Å². The summed E-state index contributed by atoms with van der Waals surface area (Å²) in [4.78, 5) is 13.7. The molecule has 5 rings (SSSR count). The summed E-state index contributed by atoms with van der Waals surface area (Å²) in [6, 6.07) is 19.7. The predicted molar refractivity (Wildman–Crippen MR) is 164 cm³/mol. The zero-order valence-electron chi connectivity index (χ0n) is 24.9. The summed E-state index contributed by atoms with van der Waals surface area (Å²) in [6.45, 7) is 10.7. The van der Waals surface area contributed by atoms with Gasteiger partial charge < -0.3 is 10.1 Å². The molecule has 0 atom stereocenters. The molecule has 2 heterocycles. The molecular formula is C34H42N2O4S. The first kappa shape index (κ1) is 29.3. The number of amides is 1. The van der Waals surface area contributed by atoms with Gasteiger partial charge in [0.2, 0.25) is 15.9 Å². The smallest absolute Gasteiger partial charge is 0.243 e. The number of benzene rings is 3. The van der Waals surface area contributed by atoms with Gasteiger partial charge in [0.15, 0.2) is 0 Å². The molecule has 3 aromatic carbocycles. The molecule has 0 radical (unpaired) electrons. The first-order valence-corrected chi connectivity index (χ1v) is 16.1. The Morgan fingerprint density at radius 1 is 0.878 bits per heavy atom. The minimum atomic E-state index is -3.73. The lowest BCUT2D eigenvalue weighted by Crippen LogP contribution is -2.45. The predicted octanol–water partition coefficient (Wildman–Crippen LogP) is 6.76. The van der Waals surface area contributed by atoms with E-state index in [0.29, 0.717) is 37.2 Å². The fraction of sp³-hybridized carbons (Fsp3) is 0.441. The highest BCUT2D eigenvalue weighted by atomic mass is 32.2. The molecule has 1 saturated heterocycles. The van der Waals surface area contributed by atoms with Crippen LogP contribution in [0, 0.1) is 26.2 Å². The lowest BCUT2D eigenvalue weighted by atomic mass is 9.71. The fourth-order valence-corrected chi connectivity index (χ4v) is 8.55. The van der Waals surface area contributed by atoms with E-state index in [1.165, 1.54) is 0 Å². The maximum Gasteiger partial charge on any atom is 0.243 e. The standard InChI is InChI=1S/C34H42N2O4S/c1-24-25(2)32(26(3)29-16-17-33(4,5)40-31(24)29)41(38,39)36-20-18-34(19-21-36,22-27-12-8-6-9-13-27)23-30(37)35-28-14-10-7-11-15-28/h6-15H,16-23H2,1-5H3,(H,35,37). The summed E-state index contributed by atoms with van der Waals surface area (Å²) in [5.74, 6) is 0.809. The Labute approximate surface area is 245 Å². The van der Waals surface area contributed by atoms with Crippen molar-refractivity contribution in [3.05, 3.63) is 88.5 Å². The Morgan fingerprint density at radius 3 is 2.12 bits per heavy atom. The zero-order valence-corrected chi connectivity index (χ0v) is 25.7. The number of ether oxygens (including phenoxy) is 1. The molecule has 2 aliphatic heterocycles. The summed E-state index contributed by atoms with van der Waals surface area (Å²) in [5.41, 5.74) is 4.83. The van der Waals surface area contributed by atoms with Crippen molar-refractivity contribution >= 4 is 21.6 Å². The number of nitrogens with zero attached hydrogens (tertiary/aromatic N) is 1. The summed E-state index contributed by atoms with van der Waals surface area (Å²) in [5, 5.41) is 3.04. The molecule has 3 aromatic rings. The van der Waals surface area contributed by atoms with Gasteiger partial charge in [0, 0.05) is 25.2 Å². The first-order valence-electron chi connectivity index (χ1n) is 14.6. The van der Waals surface area contributed by atoms with E-state index in [1.54, 1.807) is 4.31 Å². The summed E-state index contributed by atoms with van der Waals surface area (Å²) < 4.78 is 36.4. The molecule has 0 aliphatic carbocycles. The number of hydrogen-bond acceptors (Lipinski definition) is 4. The molecule has 7 heteroatoms. The number of carbonyl (C=O) groups is 1. The number of sulfonamides is 1. The Kier molecular flexibility index (Phi) is 8.05. The van der Waals surface area contributed by atoms with Crippen molar-refractivity contribution in [3.63, 3.8) is 0 Å². The van der Waals surface area contributed by atoms with Gasteiger partial charge in [-0.1, -0.05) is 48.5 Å². The minimum absolute atomic E-state index is 0.0386. The lowest BCUT2D eigenvalue weighted by Gasteiger charge is -2.42. The molecule has 218 valence electrons. The molecule has 0 aromatic heterocycles. The molecule has 41 heavy (non-hydrogen) atoms. The van der Waals surface area contributed by atoms with Crippen LogP contribution in [0.15, 0.2) is 65.6 Å². The molecule has 0 bridgehead atoms. The third-order valence-corrected chi connectivity index (χ3v) is 11.2. The summed E-state index contributed by atoms with van der Waals surface area (Å²) >= 11 is 0. The summed E-state index contributed by atoms with van der Waals surface area (Å²) in [7, 11) is -3.73. The molecule has 2 aliphatic rings. The van der Waals surface area contributed by atoms with E-state index in [2.05, 4.69) is 31.3 Å². The molecule has 1 N–H and O–H groups in total. The Bertz CT molecular complexity index is 1520. The van der Waals surface area contributed by atoms with Gasteiger partial charge in [0.25, 0.3) is 0 Å². The maximum atomic E-state index is 14.2. The molecule has 0 unspecified atom stereocenters. The SMILES string of the molecule is Cc1c(C)c(S(=O)(=O)N2CCC(CC(=O)Nc3ccccc3)(Cc3ccccc3)CC2)c(C)c2c1OC(C)(C)CC2. The van der Waals surface area contributed by atoms with Crippen molar-refractivity contribution in [2.75, 3.05) is 18.4 Å². The monoisotopic (exact) mass is 574 g/mol. The van der Waals surface area contributed by atoms with Gasteiger partial charge >= 0.3 is 0 Å². The van der Waals surface area contributed by atoms with Crippen LogP contribution in [-0.2, 0) is 27.7 Å². The van der Waals surface area contributed by atoms with Gasteiger partial charge in [-0.15, -0.1) is 0 Å². The van der Waals surface area contributed by atoms with Gasteiger partial charge in [0.05, 0.1) is 4.90 Å². The maximum absolute atomic E-state index is 14.2. The van der Waals surface area contributed by atoms with Crippen LogP contribution in [0.25, 0.3) is 0 Å². The molecular weight excluding hydrogens is 532 g/mol. The fourth-order valence-electron chi connectivity index (χ4n) is 6.58. The molecule has 0 saturated carbocycles. The van der Waals surface area contributed by atoms with E-state index in [0.717, 1.165) is 58.5 Å². The highest BCUT2D eigenvalue weighted by Gasteiger charge is 2.42. The second-order valence-corrected chi connectivity index (χ2v) is 14.4. The van der Waals surface area contributed by atoms with Crippen LogP contribution >= 0.6 is 0 Å². The average Bonchev–Trinajstić information content (AvgIpc) is 2.92. The number of para-hydroxylation sites is 1. The Hall–Kier alpha value is -3.16. The zero-order chi connectivity index (χ0) is 29.4. The minimum Gasteiger partial charge on any atom is -0.487 e. The van der Waals surface area contributed by atoms with Crippen LogP contribution in [0.2, 0.25) is 0 Å². The number of piperidine rings is 1. The van der Waals surface area contributed by atoms with Crippen LogP contribution in [0.1, 0.15) is 67.3 Å². The quantitative estimate of drug-likeness (QED) is 0.338. The number of hydrogen-bond donors (Lipinski definition) is 1. The number of rotatable bonds is 7. The average molecular weight is 575 g/mol. The number of carbonyl (C=O) groups excluding carboxylic acids is 1. The Morgan fingerprint density at radius 2 is 1.49 bits per heavy atom. The highest BCUT2D eigenvalue weighted by Crippen LogP contribution is 2.45. The van der Waals surface area contributed by atoms with Crippen molar-refractivity contribution in [1.82, 2.24) is 4.31 Å². The number of fused-ring (bicyclic) bond motifs is 1. The van der Waals surface area contributed by atoms with Crippen molar-refractivity contribution in [1.29, 1.82) is 0 Å². The van der Waals surface area contributed by atoms with Crippen LogP contribution in [0.3, 0.4) is 0 Å². The van der Waals surface area contributed by atoms with Crippen molar-refractivity contribution < 1.29 is 17.9 Å². The van der Waals surface area contributed by atoms with E-state index < -0.39 is 10.0 Å². The highest BCUT2D eigenvalue weighted by molar-refractivity contribution is 7.89. The molecule has 0 spiro atoms. The lowest BCUT2D eigenvalue weighted by molar-refractivity contribution is -0.119. The third-order valence-electron chi connectivity index (χ3n) is 9.06. The second-order valence-electron chi connectivity index (χ2n) is 12.5. The van der Waals surface area contributed by atoms with Gasteiger partial charge in [0.1, 0.15) is 11.4 Å². The van der Waals surface area contributed by atoms with E-state index in [4.69, 9.17) is 4.74 Å². The van der Waals surface area contributed by atoms with Gasteiger partial charge in [-0.3, -0.25) is 4.79 Å². The van der Waals surface area contributed by atoms with Crippen molar-refractivity contribution in [3.8, 4) is 5.75 Å². The van der Waals surface area contributed by atoms with E-state index in [-0.39, 0.29) is 16.9 Å². The van der Waals surface area contributed by atoms with Crippen LogP contribution < -0.4 is 10.1 Å². The number of nitrogens with one attached hydrogen (secondary N) is 1. The molecule has 1 fully saturated rings. The van der Waals surface area contributed by atoms with Crippen LogP contribution in [-0.4, -0.2) is 37.3 Å². The third kappa shape index (κ3) is 6.07. The van der Waals surface area contributed by atoms with Gasteiger partial charge in [-0.25, -0.2) is 8.42 Å². The molecule has 1 amide bonds. The van der Waals surface area contributed by atoms with E-state index >= 15 is 0 Å². The normalized spacial score (nSPS) is 18.3. The first-order chi connectivity index (χ1) is 19.4. The topological polar surface area (TPSA) is 75.7 Å². The molecule has 6 nitrogen and oxygen atoms in total. The Balaban J connectivity index is 1.40. The van der Waals surface area contributed by atoms with Crippen molar-refractivity contribution in [2.45, 2.75) is 83.6 Å².